The van der Waals surface area contributed by atoms with Crippen LogP contribution in [0.2, 0.25) is 0 Å². The van der Waals surface area contributed by atoms with Crippen molar-refractivity contribution in [2.45, 2.75) is 32.3 Å². The number of para-hydroxylation sites is 3. The zero-order valence-electron chi connectivity index (χ0n) is 16.2. The molecule has 1 heterocycles. The Labute approximate surface area is 170 Å². The number of carbonyl (C=O) groups excluding carboxylic acids is 1. The third kappa shape index (κ3) is 4.51. The van der Waals surface area contributed by atoms with Gasteiger partial charge in [-0.1, -0.05) is 54.6 Å². The van der Waals surface area contributed by atoms with Crippen molar-refractivity contribution in [2.24, 2.45) is 0 Å². The molecular formula is C24H23NO4. The zero-order chi connectivity index (χ0) is 20.1. The highest BCUT2D eigenvalue weighted by Gasteiger charge is 2.33. The maximum absolute atomic E-state index is 12.7. The topological polar surface area (TPSA) is 56.8 Å². The molecule has 1 aliphatic rings. The Balaban J connectivity index is 1.38. The van der Waals surface area contributed by atoms with E-state index >= 15 is 0 Å². The number of amides is 1. The molecule has 1 aliphatic heterocycles. The molecule has 3 aromatic rings. The molecule has 0 bridgehead atoms. The van der Waals surface area contributed by atoms with Crippen molar-refractivity contribution in [3.05, 3.63) is 90.0 Å². The molecule has 1 amide bonds. The summed E-state index contributed by atoms with van der Waals surface area (Å²) in [6, 6.07) is 24.9. The van der Waals surface area contributed by atoms with Gasteiger partial charge in [-0.25, -0.2) is 0 Å². The van der Waals surface area contributed by atoms with E-state index in [1.165, 1.54) is 0 Å². The van der Waals surface area contributed by atoms with E-state index in [0.717, 1.165) is 16.9 Å². The van der Waals surface area contributed by atoms with Crippen molar-refractivity contribution in [1.82, 2.24) is 5.32 Å². The van der Waals surface area contributed by atoms with E-state index in [1.54, 1.807) is 6.07 Å². The van der Waals surface area contributed by atoms with Gasteiger partial charge in [0.25, 0.3) is 5.91 Å². The number of benzene rings is 3. The van der Waals surface area contributed by atoms with Gasteiger partial charge in [0.15, 0.2) is 11.5 Å². The average Bonchev–Trinajstić information content (AvgIpc) is 2.77. The van der Waals surface area contributed by atoms with Crippen LogP contribution in [0.5, 0.6) is 17.2 Å². The van der Waals surface area contributed by atoms with Crippen LogP contribution >= 0.6 is 0 Å². The van der Waals surface area contributed by atoms with E-state index in [0.29, 0.717) is 24.7 Å². The van der Waals surface area contributed by atoms with Crippen molar-refractivity contribution in [3.8, 4) is 17.2 Å². The lowest BCUT2D eigenvalue weighted by Gasteiger charge is -2.31. The summed E-state index contributed by atoms with van der Waals surface area (Å²) in [5.74, 6) is 1.85. The van der Waals surface area contributed by atoms with Gasteiger partial charge in [0.1, 0.15) is 18.5 Å². The Morgan fingerprint density at radius 3 is 2.24 bits per heavy atom. The molecule has 0 radical (unpaired) electrons. The highest BCUT2D eigenvalue weighted by molar-refractivity contribution is 5.82. The molecule has 0 unspecified atom stereocenters. The van der Waals surface area contributed by atoms with Crippen molar-refractivity contribution < 1.29 is 19.0 Å². The minimum absolute atomic E-state index is 0.203. The summed E-state index contributed by atoms with van der Waals surface area (Å²) in [5.41, 5.74) is 2.03. The molecule has 5 nitrogen and oxygen atoms in total. The van der Waals surface area contributed by atoms with Crippen LogP contribution in [-0.2, 0) is 17.9 Å². The van der Waals surface area contributed by atoms with Gasteiger partial charge in [-0.2, -0.15) is 0 Å². The van der Waals surface area contributed by atoms with E-state index in [9.17, 15) is 4.79 Å². The fraction of sp³-hybridized carbons (Fsp3) is 0.208. The predicted molar refractivity (Wildman–Crippen MR) is 110 cm³/mol. The van der Waals surface area contributed by atoms with E-state index in [-0.39, 0.29) is 12.0 Å². The van der Waals surface area contributed by atoms with Crippen LogP contribution in [0.4, 0.5) is 0 Å². The summed E-state index contributed by atoms with van der Waals surface area (Å²) in [7, 11) is 0. The van der Waals surface area contributed by atoms with E-state index < -0.39 is 6.10 Å². The Bertz CT molecular complexity index is 973. The first kappa shape index (κ1) is 18.9. The second-order valence-corrected chi connectivity index (χ2v) is 6.90. The molecule has 1 N–H and O–H groups in total. The summed E-state index contributed by atoms with van der Waals surface area (Å²) >= 11 is 0. The monoisotopic (exact) mass is 389 g/mol. The van der Waals surface area contributed by atoms with Crippen LogP contribution in [0.1, 0.15) is 18.1 Å². The minimum Gasteiger partial charge on any atom is -0.489 e. The summed E-state index contributed by atoms with van der Waals surface area (Å²) in [5, 5.41) is 2.97. The lowest BCUT2D eigenvalue weighted by atomic mass is 10.1. The van der Waals surface area contributed by atoms with Gasteiger partial charge in [-0.05, 0) is 42.3 Å². The number of hydrogen-bond donors (Lipinski definition) is 1. The maximum atomic E-state index is 12.7. The average molecular weight is 389 g/mol. The summed E-state index contributed by atoms with van der Waals surface area (Å²) in [6.07, 6.45) is -1.07. The van der Waals surface area contributed by atoms with Gasteiger partial charge in [0.05, 0.1) is 0 Å². The molecule has 4 rings (SSSR count). The predicted octanol–water partition coefficient (Wildman–Crippen LogP) is 4.11. The molecule has 0 spiro atoms. The number of carbonyl (C=O) groups is 1. The second-order valence-electron chi connectivity index (χ2n) is 6.90. The largest absolute Gasteiger partial charge is 0.489 e. The van der Waals surface area contributed by atoms with Crippen molar-refractivity contribution in [3.63, 3.8) is 0 Å². The Morgan fingerprint density at radius 1 is 0.862 bits per heavy atom. The minimum atomic E-state index is -0.697. The van der Waals surface area contributed by atoms with Crippen molar-refractivity contribution in [1.29, 1.82) is 0 Å². The molecule has 148 valence electrons. The van der Waals surface area contributed by atoms with E-state index in [1.807, 2.05) is 79.7 Å². The lowest BCUT2D eigenvalue weighted by molar-refractivity contribution is -0.133. The number of nitrogens with one attached hydrogen (secondary N) is 1. The van der Waals surface area contributed by atoms with Crippen LogP contribution in [0.25, 0.3) is 0 Å². The van der Waals surface area contributed by atoms with Gasteiger partial charge in [-0.15, -0.1) is 0 Å². The van der Waals surface area contributed by atoms with Crippen molar-refractivity contribution >= 4 is 5.91 Å². The maximum Gasteiger partial charge on any atom is 0.265 e. The molecule has 2 atom stereocenters. The highest BCUT2D eigenvalue weighted by atomic mass is 16.6. The van der Waals surface area contributed by atoms with Gasteiger partial charge < -0.3 is 19.5 Å². The van der Waals surface area contributed by atoms with Gasteiger partial charge in [0.2, 0.25) is 6.10 Å². The fourth-order valence-corrected chi connectivity index (χ4v) is 3.24. The first-order valence-corrected chi connectivity index (χ1v) is 9.65. The Kier molecular flexibility index (Phi) is 5.66. The van der Waals surface area contributed by atoms with Gasteiger partial charge in [-0.3, -0.25) is 4.79 Å². The second kappa shape index (κ2) is 8.69. The third-order valence-corrected chi connectivity index (χ3v) is 4.81. The molecule has 0 aliphatic carbocycles. The molecule has 0 fully saturated rings. The highest BCUT2D eigenvalue weighted by Crippen LogP contribution is 2.33. The molecule has 3 aromatic carbocycles. The lowest BCUT2D eigenvalue weighted by Crippen LogP contribution is -2.48. The van der Waals surface area contributed by atoms with Crippen LogP contribution in [0, 0.1) is 0 Å². The smallest absolute Gasteiger partial charge is 0.265 e. The normalized spacial score (nSPS) is 17.4. The molecule has 0 saturated heterocycles. The Morgan fingerprint density at radius 2 is 1.48 bits per heavy atom. The summed E-state index contributed by atoms with van der Waals surface area (Å²) < 4.78 is 17.5. The molecule has 29 heavy (non-hydrogen) atoms. The molecular weight excluding hydrogens is 366 g/mol. The van der Waals surface area contributed by atoms with Crippen LogP contribution in [0.3, 0.4) is 0 Å². The number of ether oxygens (including phenoxy) is 3. The number of hydrogen-bond acceptors (Lipinski definition) is 4. The molecule has 5 heteroatoms. The summed E-state index contributed by atoms with van der Waals surface area (Å²) in [4.78, 5) is 12.7. The molecule has 0 saturated carbocycles. The first-order valence-electron chi connectivity index (χ1n) is 9.65. The standard InChI is InChI=1S/C24H23NO4/c1-17-23(29-22-14-8-7-13-21(22)28-17)24(26)25-15-18-9-5-6-10-19(18)16-27-20-11-3-2-4-12-20/h2-14,17,23H,15-16H2,1H3,(H,25,26)/t17-,23+/m0/s1. The number of rotatable bonds is 6. The van der Waals surface area contributed by atoms with Crippen LogP contribution < -0.4 is 19.5 Å². The Hall–Kier alpha value is -3.47. The number of fused-ring (bicyclic) bond motifs is 1. The van der Waals surface area contributed by atoms with E-state index in [4.69, 9.17) is 14.2 Å². The van der Waals surface area contributed by atoms with E-state index in [2.05, 4.69) is 5.32 Å². The fourth-order valence-electron chi connectivity index (χ4n) is 3.24. The van der Waals surface area contributed by atoms with Crippen molar-refractivity contribution in [2.75, 3.05) is 0 Å². The first-order chi connectivity index (χ1) is 14.2. The van der Waals surface area contributed by atoms with Gasteiger partial charge in [0, 0.05) is 6.54 Å². The van der Waals surface area contributed by atoms with Crippen LogP contribution in [0.15, 0.2) is 78.9 Å². The SMILES string of the molecule is C[C@@H]1Oc2ccccc2O[C@H]1C(=O)NCc1ccccc1COc1ccccc1. The quantitative estimate of drug-likeness (QED) is 0.689. The third-order valence-electron chi connectivity index (χ3n) is 4.81. The van der Waals surface area contributed by atoms with Gasteiger partial charge >= 0.3 is 0 Å². The molecule has 0 aromatic heterocycles. The zero-order valence-corrected chi connectivity index (χ0v) is 16.2. The van der Waals surface area contributed by atoms with Crippen LogP contribution in [-0.4, -0.2) is 18.1 Å². The summed E-state index contributed by atoms with van der Waals surface area (Å²) in [6.45, 7) is 2.66.